The number of hydrogen-bond donors (Lipinski definition) is 1. The van der Waals surface area contributed by atoms with Crippen molar-refractivity contribution in [3.05, 3.63) is 84.4 Å². The molecule has 0 spiro atoms. The summed E-state index contributed by atoms with van der Waals surface area (Å²) >= 11 is 0. The van der Waals surface area contributed by atoms with Crippen molar-refractivity contribution in [3.8, 4) is 22.6 Å². The molecular weight excluding hydrogens is 276 g/mol. The number of carbonyl (C=O) groups is 1. The van der Waals surface area contributed by atoms with Crippen LogP contribution in [0.4, 0.5) is 0 Å². The zero-order valence-electron chi connectivity index (χ0n) is 11.8. The Labute approximate surface area is 128 Å². The molecule has 0 bridgehead atoms. The summed E-state index contributed by atoms with van der Waals surface area (Å²) in [5, 5.41) is 9.61. The Morgan fingerprint density at radius 3 is 2.05 bits per heavy atom. The lowest BCUT2D eigenvalue weighted by Crippen LogP contribution is -2.03. The lowest BCUT2D eigenvalue weighted by molar-refractivity contribution is 0.0695. The highest BCUT2D eigenvalue weighted by Gasteiger charge is 2.18. The van der Waals surface area contributed by atoms with Gasteiger partial charge in [0.25, 0.3) is 0 Å². The van der Waals surface area contributed by atoms with Crippen LogP contribution < -0.4 is 4.74 Å². The number of aromatic carboxylic acids is 1. The van der Waals surface area contributed by atoms with Crippen LogP contribution in [0.1, 0.15) is 10.4 Å². The van der Waals surface area contributed by atoms with Gasteiger partial charge in [0.05, 0.1) is 0 Å². The number of ether oxygens (including phenoxy) is 1. The fourth-order valence-electron chi connectivity index (χ4n) is 2.31. The third kappa shape index (κ3) is 2.83. The van der Waals surface area contributed by atoms with Crippen molar-refractivity contribution in [3.63, 3.8) is 0 Å². The van der Waals surface area contributed by atoms with Gasteiger partial charge < -0.3 is 9.84 Å². The van der Waals surface area contributed by atoms with Crippen LogP contribution in [0.5, 0.6) is 11.5 Å². The predicted molar refractivity (Wildman–Crippen MR) is 85.4 cm³/mol. The second-order valence-electron chi connectivity index (χ2n) is 4.77. The second kappa shape index (κ2) is 6.14. The van der Waals surface area contributed by atoms with Crippen molar-refractivity contribution in [1.29, 1.82) is 0 Å². The summed E-state index contributed by atoms with van der Waals surface area (Å²) in [5.74, 6) is -0.0688. The summed E-state index contributed by atoms with van der Waals surface area (Å²) in [5.41, 5.74) is 1.65. The number of rotatable bonds is 4. The zero-order valence-corrected chi connectivity index (χ0v) is 11.8. The van der Waals surface area contributed by atoms with Crippen LogP contribution in [0, 0.1) is 0 Å². The predicted octanol–water partition coefficient (Wildman–Crippen LogP) is 4.84. The van der Waals surface area contributed by atoms with Crippen LogP contribution in [-0.2, 0) is 0 Å². The molecule has 0 heterocycles. The van der Waals surface area contributed by atoms with Gasteiger partial charge >= 0.3 is 5.97 Å². The quantitative estimate of drug-likeness (QED) is 0.747. The van der Waals surface area contributed by atoms with E-state index in [9.17, 15) is 9.90 Å². The Kier molecular flexibility index (Phi) is 3.88. The van der Waals surface area contributed by atoms with Gasteiger partial charge in [0.15, 0.2) is 0 Å². The smallest absolute Gasteiger partial charge is 0.340 e. The molecule has 0 saturated carbocycles. The molecule has 0 amide bonds. The van der Waals surface area contributed by atoms with E-state index >= 15 is 0 Å². The van der Waals surface area contributed by atoms with Gasteiger partial charge in [-0.3, -0.25) is 0 Å². The molecule has 22 heavy (non-hydrogen) atoms. The van der Waals surface area contributed by atoms with Crippen molar-refractivity contribution < 1.29 is 14.6 Å². The van der Waals surface area contributed by atoms with E-state index in [0.717, 1.165) is 5.56 Å². The highest BCUT2D eigenvalue weighted by Crippen LogP contribution is 2.33. The Morgan fingerprint density at radius 2 is 1.41 bits per heavy atom. The van der Waals surface area contributed by atoms with Crippen LogP contribution in [0.25, 0.3) is 11.1 Å². The maximum Gasteiger partial charge on any atom is 0.340 e. The molecule has 3 rings (SSSR count). The van der Waals surface area contributed by atoms with Gasteiger partial charge in [0, 0.05) is 0 Å². The SMILES string of the molecule is O=C(O)c1c(Oc2ccccc2)cccc1-c1ccccc1. The van der Waals surface area contributed by atoms with Gasteiger partial charge in [-0.05, 0) is 29.3 Å². The first-order valence-corrected chi connectivity index (χ1v) is 6.90. The number of para-hydroxylation sites is 1. The van der Waals surface area contributed by atoms with Gasteiger partial charge in [0.2, 0.25) is 0 Å². The Balaban J connectivity index is 2.10. The molecule has 0 saturated heterocycles. The number of carboxylic acid groups (broad SMARTS) is 1. The van der Waals surface area contributed by atoms with E-state index < -0.39 is 5.97 Å². The summed E-state index contributed by atoms with van der Waals surface area (Å²) < 4.78 is 5.75. The van der Waals surface area contributed by atoms with Gasteiger partial charge in [-0.2, -0.15) is 0 Å². The largest absolute Gasteiger partial charge is 0.478 e. The van der Waals surface area contributed by atoms with E-state index in [1.165, 1.54) is 0 Å². The highest BCUT2D eigenvalue weighted by molar-refractivity contribution is 5.99. The molecule has 0 fully saturated rings. The van der Waals surface area contributed by atoms with Gasteiger partial charge in [-0.25, -0.2) is 4.79 Å². The van der Waals surface area contributed by atoms with E-state index in [-0.39, 0.29) is 5.56 Å². The maximum atomic E-state index is 11.7. The minimum Gasteiger partial charge on any atom is -0.478 e. The zero-order chi connectivity index (χ0) is 15.4. The molecule has 3 heteroatoms. The molecule has 0 radical (unpaired) electrons. The Bertz CT molecular complexity index is 780. The highest BCUT2D eigenvalue weighted by atomic mass is 16.5. The monoisotopic (exact) mass is 290 g/mol. The molecule has 0 unspecified atom stereocenters. The standard InChI is InChI=1S/C19H14O3/c20-19(21)18-16(14-8-3-1-4-9-14)12-7-13-17(18)22-15-10-5-2-6-11-15/h1-13H,(H,20,21). The number of benzene rings is 3. The molecule has 3 aromatic carbocycles. The first-order chi connectivity index (χ1) is 10.8. The molecule has 0 aliphatic heterocycles. The summed E-state index contributed by atoms with van der Waals surface area (Å²) in [6.07, 6.45) is 0. The van der Waals surface area contributed by atoms with E-state index in [1.54, 1.807) is 30.3 Å². The number of carboxylic acids is 1. The Hall–Kier alpha value is -3.07. The van der Waals surface area contributed by atoms with Gasteiger partial charge in [0.1, 0.15) is 17.1 Å². The second-order valence-corrected chi connectivity index (χ2v) is 4.77. The van der Waals surface area contributed by atoms with E-state index in [4.69, 9.17) is 4.74 Å². The van der Waals surface area contributed by atoms with Crippen molar-refractivity contribution in [2.75, 3.05) is 0 Å². The molecular formula is C19H14O3. The van der Waals surface area contributed by atoms with Crippen LogP contribution >= 0.6 is 0 Å². The third-order valence-corrected chi connectivity index (χ3v) is 3.30. The van der Waals surface area contributed by atoms with Crippen LogP contribution in [0.2, 0.25) is 0 Å². The first-order valence-electron chi connectivity index (χ1n) is 6.90. The average molecular weight is 290 g/mol. The molecule has 0 aromatic heterocycles. The molecule has 3 aromatic rings. The molecule has 3 nitrogen and oxygen atoms in total. The minimum atomic E-state index is -1.01. The van der Waals surface area contributed by atoms with Gasteiger partial charge in [-0.1, -0.05) is 60.7 Å². The average Bonchev–Trinajstić information content (AvgIpc) is 2.56. The summed E-state index contributed by atoms with van der Waals surface area (Å²) in [6, 6.07) is 23.8. The fourth-order valence-corrected chi connectivity index (χ4v) is 2.31. The lowest BCUT2D eigenvalue weighted by Gasteiger charge is -2.12. The van der Waals surface area contributed by atoms with Crippen molar-refractivity contribution in [2.45, 2.75) is 0 Å². The van der Waals surface area contributed by atoms with Crippen LogP contribution in [0.15, 0.2) is 78.9 Å². The van der Waals surface area contributed by atoms with Crippen molar-refractivity contribution in [2.24, 2.45) is 0 Å². The minimum absolute atomic E-state index is 0.164. The Morgan fingerprint density at radius 1 is 0.773 bits per heavy atom. The van der Waals surface area contributed by atoms with Crippen molar-refractivity contribution in [1.82, 2.24) is 0 Å². The van der Waals surface area contributed by atoms with Gasteiger partial charge in [-0.15, -0.1) is 0 Å². The van der Waals surface area contributed by atoms with Crippen molar-refractivity contribution >= 4 is 5.97 Å². The molecule has 0 aliphatic rings. The fraction of sp³-hybridized carbons (Fsp3) is 0. The summed E-state index contributed by atoms with van der Waals surface area (Å²) in [7, 11) is 0. The topological polar surface area (TPSA) is 46.5 Å². The summed E-state index contributed by atoms with van der Waals surface area (Å²) in [4.78, 5) is 11.7. The summed E-state index contributed by atoms with van der Waals surface area (Å²) in [6.45, 7) is 0. The number of hydrogen-bond acceptors (Lipinski definition) is 2. The molecule has 0 atom stereocenters. The lowest BCUT2D eigenvalue weighted by atomic mass is 9.99. The van der Waals surface area contributed by atoms with E-state index in [2.05, 4.69) is 0 Å². The van der Waals surface area contributed by atoms with Crippen LogP contribution in [-0.4, -0.2) is 11.1 Å². The van der Waals surface area contributed by atoms with E-state index in [1.807, 2.05) is 48.5 Å². The van der Waals surface area contributed by atoms with E-state index in [0.29, 0.717) is 17.1 Å². The third-order valence-electron chi connectivity index (χ3n) is 3.30. The molecule has 0 aliphatic carbocycles. The normalized spacial score (nSPS) is 10.2. The first kappa shape index (κ1) is 13.9. The van der Waals surface area contributed by atoms with Crippen LogP contribution in [0.3, 0.4) is 0 Å². The molecule has 108 valence electrons. The molecule has 1 N–H and O–H groups in total. The maximum absolute atomic E-state index is 11.7.